The van der Waals surface area contributed by atoms with Gasteiger partial charge in [-0.1, -0.05) is 18.2 Å². The smallest absolute Gasteiger partial charge is 0.0733 e. The first kappa shape index (κ1) is 12.1. The second-order valence-corrected chi connectivity index (χ2v) is 4.52. The van der Waals surface area contributed by atoms with Crippen LogP contribution in [0.2, 0.25) is 0 Å². The highest BCUT2D eigenvalue weighted by atomic mass is 79.9. The molecule has 0 unspecified atom stereocenters. The van der Waals surface area contributed by atoms with Crippen LogP contribution < -0.4 is 5.32 Å². The van der Waals surface area contributed by atoms with Crippen molar-refractivity contribution in [2.45, 2.75) is 6.61 Å². The molecule has 1 heterocycles. The molecule has 0 saturated heterocycles. The Kier molecular flexibility index (Phi) is 4.12. The Labute approximate surface area is 109 Å². The van der Waals surface area contributed by atoms with Crippen molar-refractivity contribution < 1.29 is 4.74 Å². The highest BCUT2D eigenvalue weighted by Crippen LogP contribution is 2.22. The van der Waals surface area contributed by atoms with E-state index in [4.69, 9.17) is 4.74 Å². The molecule has 88 valence electrons. The van der Waals surface area contributed by atoms with Crippen LogP contribution in [0.15, 0.2) is 47.2 Å². The van der Waals surface area contributed by atoms with E-state index in [2.05, 4.69) is 26.2 Å². The number of pyridine rings is 1. The minimum Gasteiger partial charge on any atom is -0.380 e. The van der Waals surface area contributed by atoms with Gasteiger partial charge < -0.3 is 10.1 Å². The Morgan fingerprint density at radius 3 is 2.88 bits per heavy atom. The molecule has 0 aliphatic carbocycles. The molecule has 1 aromatic carbocycles. The van der Waals surface area contributed by atoms with Crippen LogP contribution in [0.3, 0.4) is 0 Å². The second kappa shape index (κ2) is 5.80. The summed E-state index contributed by atoms with van der Waals surface area (Å²) in [5, 5.41) is 3.33. The summed E-state index contributed by atoms with van der Waals surface area (Å²) in [5.41, 5.74) is 3.10. The van der Waals surface area contributed by atoms with Crippen molar-refractivity contribution in [2.75, 3.05) is 12.4 Å². The number of rotatable bonds is 4. The summed E-state index contributed by atoms with van der Waals surface area (Å²) in [7, 11) is 1.69. The third-order valence-electron chi connectivity index (χ3n) is 2.30. The van der Waals surface area contributed by atoms with E-state index in [-0.39, 0.29) is 0 Å². The van der Waals surface area contributed by atoms with Gasteiger partial charge in [0.15, 0.2) is 0 Å². The molecule has 1 N–H and O–H groups in total. The predicted molar refractivity (Wildman–Crippen MR) is 72.4 cm³/mol. The van der Waals surface area contributed by atoms with Crippen LogP contribution in [0.4, 0.5) is 11.4 Å². The largest absolute Gasteiger partial charge is 0.380 e. The number of nitrogens with one attached hydrogen (secondary N) is 1. The molecular weight excluding hydrogens is 280 g/mol. The van der Waals surface area contributed by atoms with Crippen LogP contribution in [0, 0.1) is 0 Å². The zero-order valence-electron chi connectivity index (χ0n) is 9.48. The molecule has 17 heavy (non-hydrogen) atoms. The quantitative estimate of drug-likeness (QED) is 0.932. The Balaban J connectivity index is 2.23. The zero-order valence-corrected chi connectivity index (χ0v) is 11.1. The summed E-state index contributed by atoms with van der Waals surface area (Å²) in [6.45, 7) is 0.588. The molecule has 1 aromatic heterocycles. The molecule has 0 saturated carbocycles. The van der Waals surface area contributed by atoms with Crippen LogP contribution in [-0.4, -0.2) is 12.1 Å². The highest BCUT2D eigenvalue weighted by molar-refractivity contribution is 9.10. The van der Waals surface area contributed by atoms with Gasteiger partial charge in [0.1, 0.15) is 0 Å². The maximum absolute atomic E-state index is 5.17. The Morgan fingerprint density at radius 2 is 2.12 bits per heavy atom. The molecule has 3 nitrogen and oxygen atoms in total. The Morgan fingerprint density at radius 1 is 1.29 bits per heavy atom. The second-order valence-electron chi connectivity index (χ2n) is 3.61. The fraction of sp³-hybridized carbons (Fsp3) is 0.154. The fourth-order valence-corrected chi connectivity index (χ4v) is 1.92. The van der Waals surface area contributed by atoms with Crippen LogP contribution in [0.5, 0.6) is 0 Å². The van der Waals surface area contributed by atoms with Crippen molar-refractivity contribution >= 4 is 27.3 Å². The van der Waals surface area contributed by atoms with Gasteiger partial charge in [-0.3, -0.25) is 4.98 Å². The summed E-state index contributed by atoms with van der Waals surface area (Å²) < 4.78 is 6.12. The third-order valence-corrected chi connectivity index (χ3v) is 2.73. The average molecular weight is 293 g/mol. The summed E-state index contributed by atoms with van der Waals surface area (Å²) in [6.07, 6.45) is 3.54. The molecule has 2 rings (SSSR count). The van der Waals surface area contributed by atoms with Gasteiger partial charge in [0.2, 0.25) is 0 Å². The lowest BCUT2D eigenvalue weighted by atomic mass is 10.2. The van der Waals surface area contributed by atoms with E-state index in [0.29, 0.717) is 6.61 Å². The zero-order chi connectivity index (χ0) is 12.1. The maximum Gasteiger partial charge on any atom is 0.0733 e. The molecule has 2 aromatic rings. The number of nitrogens with zero attached hydrogens (tertiary/aromatic N) is 1. The van der Waals surface area contributed by atoms with E-state index in [1.165, 1.54) is 0 Å². The van der Waals surface area contributed by atoms with E-state index in [0.717, 1.165) is 21.4 Å². The SMILES string of the molecule is COCc1ccccc1Nc1cncc(Br)c1. The van der Waals surface area contributed by atoms with Crippen molar-refractivity contribution in [1.82, 2.24) is 4.98 Å². The molecule has 0 aliphatic heterocycles. The van der Waals surface area contributed by atoms with Crippen LogP contribution in [0.1, 0.15) is 5.56 Å². The highest BCUT2D eigenvalue weighted by Gasteiger charge is 2.02. The fourth-order valence-electron chi connectivity index (χ4n) is 1.56. The Hall–Kier alpha value is -1.39. The third kappa shape index (κ3) is 3.28. The molecule has 4 heteroatoms. The van der Waals surface area contributed by atoms with E-state index in [1.54, 1.807) is 19.5 Å². The first-order valence-corrected chi connectivity index (χ1v) is 6.03. The van der Waals surface area contributed by atoms with E-state index in [9.17, 15) is 0 Å². The topological polar surface area (TPSA) is 34.1 Å². The van der Waals surface area contributed by atoms with Gasteiger partial charge in [0.05, 0.1) is 18.5 Å². The van der Waals surface area contributed by atoms with Gasteiger partial charge >= 0.3 is 0 Å². The van der Waals surface area contributed by atoms with Crippen molar-refractivity contribution in [2.24, 2.45) is 0 Å². The minimum absolute atomic E-state index is 0.588. The summed E-state index contributed by atoms with van der Waals surface area (Å²) in [5.74, 6) is 0. The Bertz CT molecular complexity index is 502. The lowest BCUT2D eigenvalue weighted by Gasteiger charge is -2.11. The lowest BCUT2D eigenvalue weighted by molar-refractivity contribution is 0.185. The number of hydrogen-bond acceptors (Lipinski definition) is 3. The first-order valence-electron chi connectivity index (χ1n) is 5.24. The first-order chi connectivity index (χ1) is 8.29. The molecule has 0 fully saturated rings. The number of para-hydroxylation sites is 1. The van der Waals surface area contributed by atoms with Crippen LogP contribution >= 0.6 is 15.9 Å². The normalized spacial score (nSPS) is 10.2. The molecule has 0 bridgehead atoms. The summed E-state index contributed by atoms with van der Waals surface area (Å²) in [4.78, 5) is 4.12. The summed E-state index contributed by atoms with van der Waals surface area (Å²) in [6, 6.07) is 10.0. The number of halogens is 1. The van der Waals surface area contributed by atoms with Crippen LogP contribution in [0.25, 0.3) is 0 Å². The van der Waals surface area contributed by atoms with Crippen LogP contribution in [-0.2, 0) is 11.3 Å². The monoisotopic (exact) mass is 292 g/mol. The maximum atomic E-state index is 5.17. The van der Waals surface area contributed by atoms with Gasteiger partial charge in [-0.2, -0.15) is 0 Å². The minimum atomic E-state index is 0.588. The standard InChI is InChI=1S/C13H13BrN2O/c1-17-9-10-4-2-3-5-13(10)16-12-6-11(14)7-15-8-12/h2-8,16H,9H2,1H3. The predicted octanol–water partition coefficient (Wildman–Crippen LogP) is 3.73. The van der Waals surface area contributed by atoms with Gasteiger partial charge in [0.25, 0.3) is 0 Å². The molecule has 0 aliphatic rings. The molecule has 0 spiro atoms. The van der Waals surface area contributed by atoms with Crippen molar-refractivity contribution in [1.29, 1.82) is 0 Å². The molecule has 0 atom stereocenters. The lowest BCUT2D eigenvalue weighted by Crippen LogP contribution is -1.97. The number of anilines is 2. The average Bonchev–Trinajstić information content (AvgIpc) is 2.32. The molecule has 0 amide bonds. The van der Waals surface area contributed by atoms with Crippen molar-refractivity contribution in [3.63, 3.8) is 0 Å². The number of methoxy groups -OCH3 is 1. The van der Waals surface area contributed by atoms with Gasteiger partial charge in [-0.15, -0.1) is 0 Å². The summed E-state index contributed by atoms with van der Waals surface area (Å²) >= 11 is 3.40. The number of hydrogen-bond donors (Lipinski definition) is 1. The molecular formula is C13H13BrN2O. The number of ether oxygens (including phenoxy) is 1. The number of aromatic nitrogens is 1. The number of benzene rings is 1. The van der Waals surface area contributed by atoms with Crippen molar-refractivity contribution in [3.05, 3.63) is 52.8 Å². The van der Waals surface area contributed by atoms with E-state index >= 15 is 0 Å². The van der Waals surface area contributed by atoms with E-state index in [1.807, 2.05) is 30.3 Å². The molecule has 0 radical (unpaired) electrons. The van der Waals surface area contributed by atoms with Crippen molar-refractivity contribution in [3.8, 4) is 0 Å². The van der Waals surface area contributed by atoms with E-state index < -0.39 is 0 Å². The van der Waals surface area contributed by atoms with Gasteiger partial charge in [0, 0.05) is 29.0 Å². The van der Waals surface area contributed by atoms with Gasteiger partial charge in [-0.05, 0) is 28.1 Å². The van der Waals surface area contributed by atoms with Gasteiger partial charge in [-0.25, -0.2) is 0 Å².